The van der Waals surface area contributed by atoms with Crippen LogP contribution in [0.2, 0.25) is 0 Å². The van der Waals surface area contributed by atoms with E-state index in [-0.39, 0.29) is 11.8 Å². The summed E-state index contributed by atoms with van der Waals surface area (Å²) in [5.41, 5.74) is 2.87. The Labute approximate surface area is 142 Å². The molecule has 0 bridgehead atoms. The molecule has 118 valence electrons. The van der Waals surface area contributed by atoms with Gasteiger partial charge in [0.25, 0.3) is 0 Å². The SMILES string of the molecule is Cc1nc2n(n1)C(c1cccc(Br)c1)C1=C(CC(C)CC1=O)N2. The van der Waals surface area contributed by atoms with E-state index < -0.39 is 0 Å². The standard InChI is InChI=1S/C17H17BrN4O/c1-9-6-13-15(14(23)7-9)16(11-4-3-5-12(18)8-11)22-17(20-13)19-10(2)21-22/h3-5,8-9,16H,6-7H2,1-2H3,(H,19,20,21). The number of aryl methyl sites for hydroxylation is 1. The molecule has 1 N–H and O–H groups in total. The molecule has 5 nitrogen and oxygen atoms in total. The lowest BCUT2D eigenvalue weighted by atomic mass is 9.81. The molecule has 2 atom stereocenters. The topological polar surface area (TPSA) is 59.8 Å². The highest BCUT2D eigenvalue weighted by Gasteiger charge is 2.38. The minimum absolute atomic E-state index is 0.204. The average Bonchev–Trinajstić information content (AvgIpc) is 2.84. The van der Waals surface area contributed by atoms with E-state index in [4.69, 9.17) is 0 Å². The lowest BCUT2D eigenvalue weighted by Gasteiger charge is -2.34. The van der Waals surface area contributed by atoms with E-state index >= 15 is 0 Å². The summed E-state index contributed by atoms with van der Waals surface area (Å²) < 4.78 is 2.83. The first-order chi connectivity index (χ1) is 11.0. The lowest BCUT2D eigenvalue weighted by molar-refractivity contribution is -0.117. The first-order valence-corrected chi connectivity index (χ1v) is 8.54. The molecule has 4 rings (SSSR count). The number of anilines is 1. The van der Waals surface area contributed by atoms with Crippen LogP contribution in [0.4, 0.5) is 5.95 Å². The van der Waals surface area contributed by atoms with Crippen molar-refractivity contribution in [3.05, 3.63) is 51.4 Å². The van der Waals surface area contributed by atoms with Gasteiger partial charge in [-0.2, -0.15) is 10.1 Å². The van der Waals surface area contributed by atoms with Crippen LogP contribution in [0.5, 0.6) is 0 Å². The monoisotopic (exact) mass is 372 g/mol. The number of fused-ring (bicyclic) bond motifs is 1. The normalized spacial score (nSPS) is 23.3. The predicted octanol–water partition coefficient (Wildman–Crippen LogP) is 3.62. The van der Waals surface area contributed by atoms with Crippen molar-refractivity contribution in [3.8, 4) is 0 Å². The Morgan fingerprint density at radius 3 is 2.96 bits per heavy atom. The fourth-order valence-electron chi connectivity index (χ4n) is 3.50. The molecule has 1 aromatic heterocycles. The summed E-state index contributed by atoms with van der Waals surface area (Å²) in [7, 11) is 0. The van der Waals surface area contributed by atoms with Gasteiger partial charge in [-0.1, -0.05) is 35.0 Å². The molecular formula is C17H17BrN4O. The van der Waals surface area contributed by atoms with Gasteiger partial charge in [0.05, 0.1) is 0 Å². The molecule has 0 spiro atoms. The highest BCUT2D eigenvalue weighted by Crippen LogP contribution is 2.41. The molecule has 0 radical (unpaired) electrons. The van der Waals surface area contributed by atoms with Crippen molar-refractivity contribution in [2.75, 3.05) is 5.32 Å². The van der Waals surface area contributed by atoms with E-state index in [2.05, 4.69) is 38.3 Å². The second kappa shape index (κ2) is 5.30. The molecule has 0 saturated heterocycles. The van der Waals surface area contributed by atoms with Gasteiger partial charge in [-0.05, 0) is 37.0 Å². The first-order valence-electron chi connectivity index (χ1n) is 7.75. The van der Waals surface area contributed by atoms with Gasteiger partial charge in [0.2, 0.25) is 5.95 Å². The molecule has 2 aromatic rings. The highest BCUT2D eigenvalue weighted by atomic mass is 79.9. The molecule has 2 aliphatic rings. The zero-order valence-corrected chi connectivity index (χ0v) is 14.6. The quantitative estimate of drug-likeness (QED) is 0.830. The van der Waals surface area contributed by atoms with Crippen molar-refractivity contribution in [1.29, 1.82) is 0 Å². The van der Waals surface area contributed by atoms with E-state index in [0.717, 1.165) is 27.7 Å². The van der Waals surface area contributed by atoms with Gasteiger partial charge in [0.1, 0.15) is 11.9 Å². The summed E-state index contributed by atoms with van der Waals surface area (Å²) in [6, 6.07) is 7.85. The van der Waals surface area contributed by atoms with Gasteiger partial charge in [-0.15, -0.1) is 0 Å². The number of halogens is 1. The molecular weight excluding hydrogens is 356 g/mol. The number of carbonyl (C=O) groups excluding carboxylic acids is 1. The van der Waals surface area contributed by atoms with Crippen molar-refractivity contribution in [2.45, 2.75) is 32.7 Å². The van der Waals surface area contributed by atoms with Crippen LogP contribution in [0.3, 0.4) is 0 Å². The van der Waals surface area contributed by atoms with Gasteiger partial charge < -0.3 is 5.32 Å². The Balaban J connectivity index is 1.93. The number of benzene rings is 1. The van der Waals surface area contributed by atoms with E-state index in [9.17, 15) is 4.79 Å². The zero-order valence-electron chi connectivity index (χ0n) is 13.0. The first kappa shape index (κ1) is 14.6. The summed E-state index contributed by atoms with van der Waals surface area (Å²) in [6.45, 7) is 3.98. The molecule has 0 fully saturated rings. The number of allylic oxidation sites excluding steroid dienone is 2. The number of carbonyl (C=O) groups is 1. The maximum atomic E-state index is 12.8. The molecule has 2 unspecified atom stereocenters. The Hall–Kier alpha value is -1.95. The fraction of sp³-hybridized carbons (Fsp3) is 0.353. The maximum Gasteiger partial charge on any atom is 0.226 e. The second-order valence-electron chi connectivity index (χ2n) is 6.34. The van der Waals surface area contributed by atoms with Crippen LogP contribution < -0.4 is 5.32 Å². The Kier molecular flexibility index (Phi) is 3.37. The van der Waals surface area contributed by atoms with Gasteiger partial charge in [-0.25, -0.2) is 4.68 Å². The van der Waals surface area contributed by atoms with E-state index in [0.29, 0.717) is 24.1 Å². The van der Waals surface area contributed by atoms with Crippen LogP contribution in [-0.2, 0) is 4.79 Å². The summed E-state index contributed by atoms with van der Waals surface area (Å²) in [5, 5.41) is 7.86. The predicted molar refractivity (Wildman–Crippen MR) is 91.1 cm³/mol. The number of aromatic nitrogens is 3. The highest BCUT2D eigenvalue weighted by molar-refractivity contribution is 9.10. The van der Waals surface area contributed by atoms with Crippen molar-refractivity contribution in [1.82, 2.24) is 14.8 Å². The summed E-state index contributed by atoms with van der Waals surface area (Å²) in [6.07, 6.45) is 1.46. The third-order valence-electron chi connectivity index (χ3n) is 4.39. The van der Waals surface area contributed by atoms with Gasteiger partial charge in [0, 0.05) is 22.2 Å². The van der Waals surface area contributed by atoms with Crippen LogP contribution >= 0.6 is 15.9 Å². The van der Waals surface area contributed by atoms with Crippen molar-refractivity contribution >= 4 is 27.7 Å². The van der Waals surface area contributed by atoms with Crippen LogP contribution in [0, 0.1) is 12.8 Å². The van der Waals surface area contributed by atoms with Gasteiger partial charge in [-0.3, -0.25) is 4.79 Å². The van der Waals surface area contributed by atoms with Gasteiger partial charge >= 0.3 is 0 Å². The number of rotatable bonds is 1. The molecule has 1 aromatic carbocycles. The molecule has 6 heteroatoms. The number of hydrogen-bond acceptors (Lipinski definition) is 4. The number of nitrogens with one attached hydrogen (secondary N) is 1. The van der Waals surface area contributed by atoms with Crippen molar-refractivity contribution < 1.29 is 4.79 Å². The van der Waals surface area contributed by atoms with Gasteiger partial charge in [0.15, 0.2) is 5.78 Å². The largest absolute Gasteiger partial charge is 0.328 e. The third-order valence-corrected chi connectivity index (χ3v) is 4.89. The summed E-state index contributed by atoms with van der Waals surface area (Å²) >= 11 is 3.52. The summed E-state index contributed by atoms with van der Waals surface area (Å²) in [5.74, 6) is 1.98. The minimum atomic E-state index is -0.208. The molecule has 1 aliphatic heterocycles. The Morgan fingerprint density at radius 2 is 2.17 bits per heavy atom. The molecule has 0 saturated carbocycles. The Morgan fingerprint density at radius 1 is 1.35 bits per heavy atom. The smallest absolute Gasteiger partial charge is 0.226 e. The van der Waals surface area contributed by atoms with E-state index in [1.165, 1.54) is 0 Å². The van der Waals surface area contributed by atoms with Crippen molar-refractivity contribution in [2.24, 2.45) is 5.92 Å². The van der Waals surface area contributed by atoms with E-state index in [1.807, 2.05) is 35.9 Å². The number of ketones is 1. The molecule has 0 amide bonds. The third kappa shape index (κ3) is 2.41. The van der Waals surface area contributed by atoms with Crippen LogP contribution in [0.1, 0.15) is 37.2 Å². The fourth-order valence-corrected chi connectivity index (χ4v) is 3.92. The average molecular weight is 373 g/mol. The van der Waals surface area contributed by atoms with E-state index in [1.54, 1.807) is 0 Å². The maximum absolute atomic E-state index is 12.8. The number of hydrogen-bond donors (Lipinski definition) is 1. The minimum Gasteiger partial charge on any atom is -0.328 e. The molecule has 1 aliphatic carbocycles. The second-order valence-corrected chi connectivity index (χ2v) is 7.25. The number of Topliss-reactive ketones (excluding diaryl/α,β-unsaturated/α-hetero) is 1. The zero-order chi connectivity index (χ0) is 16.1. The molecule has 2 heterocycles. The van der Waals surface area contributed by atoms with Crippen LogP contribution in [0.25, 0.3) is 0 Å². The van der Waals surface area contributed by atoms with Crippen LogP contribution in [-0.4, -0.2) is 20.5 Å². The Bertz CT molecular complexity index is 839. The summed E-state index contributed by atoms with van der Waals surface area (Å²) in [4.78, 5) is 17.2. The van der Waals surface area contributed by atoms with Crippen LogP contribution in [0.15, 0.2) is 40.0 Å². The van der Waals surface area contributed by atoms with Crippen molar-refractivity contribution in [3.63, 3.8) is 0 Å². The lowest BCUT2D eigenvalue weighted by Crippen LogP contribution is -2.33. The molecule has 23 heavy (non-hydrogen) atoms. The number of nitrogens with zero attached hydrogens (tertiary/aromatic N) is 3.